The maximum Gasteiger partial charge on any atom is 0.313 e. The van der Waals surface area contributed by atoms with Gasteiger partial charge in [-0.2, -0.15) is 0 Å². The Morgan fingerprint density at radius 3 is 2.48 bits per heavy atom. The van der Waals surface area contributed by atoms with Gasteiger partial charge in [0.25, 0.3) is 5.91 Å². The van der Waals surface area contributed by atoms with Crippen LogP contribution < -0.4 is 10.2 Å². The Labute approximate surface area is 123 Å². The molecular weight excluding hydrogens is 272 g/mol. The summed E-state index contributed by atoms with van der Waals surface area (Å²) in [4.78, 5) is 25.5. The number of hydrogen-bond acceptors (Lipinski definition) is 4. The van der Waals surface area contributed by atoms with E-state index in [1.165, 1.54) is 0 Å². The number of nitrogens with zero attached hydrogens (tertiary/aromatic N) is 1. The Morgan fingerprint density at radius 2 is 1.95 bits per heavy atom. The van der Waals surface area contributed by atoms with Crippen molar-refractivity contribution < 1.29 is 19.4 Å². The number of carboxylic acids is 1. The van der Waals surface area contributed by atoms with Gasteiger partial charge in [-0.1, -0.05) is 0 Å². The molecule has 0 bridgehead atoms. The zero-order valence-corrected chi connectivity index (χ0v) is 12.4. The number of carbonyl (C=O) groups excluding carboxylic acids is 1. The van der Waals surface area contributed by atoms with Gasteiger partial charge in [0.2, 0.25) is 0 Å². The van der Waals surface area contributed by atoms with Crippen molar-refractivity contribution in [3.05, 3.63) is 29.8 Å². The number of aliphatic carboxylic acids is 1. The first kappa shape index (κ1) is 15.3. The summed E-state index contributed by atoms with van der Waals surface area (Å²) in [6.45, 7) is 1.90. The minimum absolute atomic E-state index is 0.104. The standard InChI is InChI=1S/C15H20N2O4/c1-15(14(19)20)9-21-8-12(15)16-13(18)10-4-6-11(7-5-10)17(2)3/h4-7,12H,8-9H2,1-3H3,(H,16,18)(H,19,20). The van der Waals surface area contributed by atoms with Crippen LogP contribution in [0.15, 0.2) is 24.3 Å². The van der Waals surface area contributed by atoms with Crippen molar-refractivity contribution in [1.82, 2.24) is 5.32 Å². The molecular formula is C15H20N2O4. The molecule has 2 rings (SSSR count). The highest BCUT2D eigenvalue weighted by atomic mass is 16.5. The van der Waals surface area contributed by atoms with E-state index in [1.54, 1.807) is 19.1 Å². The second-order valence-corrected chi connectivity index (χ2v) is 5.71. The van der Waals surface area contributed by atoms with Crippen molar-refractivity contribution in [2.45, 2.75) is 13.0 Å². The average molecular weight is 292 g/mol. The summed E-state index contributed by atoms with van der Waals surface area (Å²) in [6, 6.07) is 6.60. The normalized spacial score (nSPS) is 24.6. The minimum atomic E-state index is -1.08. The van der Waals surface area contributed by atoms with Gasteiger partial charge < -0.3 is 20.1 Å². The topological polar surface area (TPSA) is 78.9 Å². The lowest BCUT2D eigenvalue weighted by Crippen LogP contribution is -2.49. The average Bonchev–Trinajstić information content (AvgIpc) is 2.81. The van der Waals surface area contributed by atoms with Gasteiger partial charge in [-0.3, -0.25) is 9.59 Å². The molecule has 1 amide bonds. The molecule has 1 aliphatic rings. The Bertz CT molecular complexity index is 541. The summed E-state index contributed by atoms with van der Waals surface area (Å²) in [5, 5.41) is 12.0. The van der Waals surface area contributed by atoms with Crippen molar-refractivity contribution in [1.29, 1.82) is 0 Å². The first-order chi connectivity index (χ1) is 9.84. The summed E-state index contributed by atoms with van der Waals surface area (Å²) in [5.41, 5.74) is 0.408. The van der Waals surface area contributed by atoms with Gasteiger partial charge in [-0.15, -0.1) is 0 Å². The summed E-state index contributed by atoms with van der Waals surface area (Å²) in [7, 11) is 3.84. The fourth-order valence-corrected chi connectivity index (χ4v) is 2.24. The van der Waals surface area contributed by atoms with Crippen LogP contribution in [0.1, 0.15) is 17.3 Å². The van der Waals surface area contributed by atoms with Gasteiger partial charge >= 0.3 is 5.97 Å². The molecule has 114 valence electrons. The van der Waals surface area contributed by atoms with Gasteiger partial charge in [0.15, 0.2) is 0 Å². The maximum atomic E-state index is 12.2. The number of carbonyl (C=O) groups is 2. The van der Waals surface area contributed by atoms with E-state index in [0.717, 1.165) is 5.69 Å². The molecule has 2 unspecified atom stereocenters. The Balaban J connectivity index is 2.09. The molecule has 1 saturated heterocycles. The predicted molar refractivity (Wildman–Crippen MR) is 78.6 cm³/mol. The number of nitrogens with one attached hydrogen (secondary N) is 1. The summed E-state index contributed by atoms with van der Waals surface area (Å²) in [6.07, 6.45) is 0. The zero-order valence-electron chi connectivity index (χ0n) is 12.4. The Morgan fingerprint density at radius 1 is 1.33 bits per heavy atom. The smallest absolute Gasteiger partial charge is 0.313 e. The summed E-state index contributed by atoms with van der Waals surface area (Å²) in [5.74, 6) is -1.25. The summed E-state index contributed by atoms with van der Waals surface area (Å²) < 4.78 is 5.22. The minimum Gasteiger partial charge on any atom is -0.481 e. The van der Waals surface area contributed by atoms with Crippen LogP contribution in [0.2, 0.25) is 0 Å². The molecule has 21 heavy (non-hydrogen) atoms. The zero-order chi connectivity index (χ0) is 15.6. The SMILES string of the molecule is CN(C)c1ccc(C(=O)NC2COCC2(C)C(=O)O)cc1. The van der Waals surface area contributed by atoms with E-state index < -0.39 is 17.4 Å². The number of hydrogen-bond donors (Lipinski definition) is 2. The van der Waals surface area contributed by atoms with Crippen LogP contribution in [-0.4, -0.2) is 50.3 Å². The van der Waals surface area contributed by atoms with Crippen LogP contribution in [0.4, 0.5) is 5.69 Å². The molecule has 1 aliphatic heterocycles. The lowest BCUT2D eigenvalue weighted by Gasteiger charge is -2.25. The monoisotopic (exact) mass is 292 g/mol. The molecule has 0 saturated carbocycles. The van der Waals surface area contributed by atoms with Crippen LogP contribution in [0, 0.1) is 5.41 Å². The molecule has 0 aliphatic carbocycles. The van der Waals surface area contributed by atoms with Crippen LogP contribution in [0.3, 0.4) is 0 Å². The fourth-order valence-electron chi connectivity index (χ4n) is 2.24. The van der Waals surface area contributed by atoms with Gasteiger partial charge in [-0.05, 0) is 31.2 Å². The Hall–Kier alpha value is -2.08. The molecule has 2 N–H and O–H groups in total. The third kappa shape index (κ3) is 3.00. The van der Waals surface area contributed by atoms with Crippen molar-refractivity contribution in [3.8, 4) is 0 Å². The van der Waals surface area contributed by atoms with Gasteiger partial charge in [0, 0.05) is 25.3 Å². The van der Waals surface area contributed by atoms with E-state index in [2.05, 4.69) is 5.32 Å². The molecule has 6 nitrogen and oxygen atoms in total. The third-order valence-electron chi connectivity index (χ3n) is 3.90. The number of amides is 1. The van der Waals surface area contributed by atoms with Crippen molar-refractivity contribution in [2.75, 3.05) is 32.2 Å². The highest BCUT2D eigenvalue weighted by Crippen LogP contribution is 2.29. The highest BCUT2D eigenvalue weighted by molar-refractivity contribution is 5.95. The molecule has 6 heteroatoms. The van der Waals surface area contributed by atoms with E-state index in [9.17, 15) is 14.7 Å². The maximum absolute atomic E-state index is 12.2. The van der Waals surface area contributed by atoms with Crippen LogP contribution in [0.25, 0.3) is 0 Å². The molecule has 1 heterocycles. The molecule has 0 spiro atoms. The molecule has 1 aromatic carbocycles. The van der Waals surface area contributed by atoms with E-state index in [1.807, 2.05) is 31.1 Å². The third-order valence-corrected chi connectivity index (χ3v) is 3.90. The second kappa shape index (κ2) is 5.73. The molecule has 1 fully saturated rings. The Kier molecular flexibility index (Phi) is 4.18. The largest absolute Gasteiger partial charge is 0.481 e. The number of carboxylic acid groups (broad SMARTS) is 1. The van der Waals surface area contributed by atoms with Crippen molar-refractivity contribution in [3.63, 3.8) is 0 Å². The number of ether oxygens (including phenoxy) is 1. The number of benzene rings is 1. The summed E-state index contributed by atoms with van der Waals surface area (Å²) >= 11 is 0. The highest BCUT2D eigenvalue weighted by Gasteiger charge is 2.47. The molecule has 0 aromatic heterocycles. The second-order valence-electron chi connectivity index (χ2n) is 5.71. The van der Waals surface area contributed by atoms with Crippen molar-refractivity contribution >= 4 is 17.6 Å². The quantitative estimate of drug-likeness (QED) is 0.864. The molecule has 2 atom stereocenters. The fraction of sp³-hybridized carbons (Fsp3) is 0.467. The van der Waals surface area contributed by atoms with E-state index >= 15 is 0 Å². The van der Waals surface area contributed by atoms with Crippen LogP contribution in [0.5, 0.6) is 0 Å². The lowest BCUT2D eigenvalue weighted by molar-refractivity contribution is -0.148. The van der Waals surface area contributed by atoms with Crippen molar-refractivity contribution in [2.24, 2.45) is 5.41 Å². The van der Waals surface area contributed by atoms with Crippen LogP contribution in [-0.2, 0) is 9.53 Å². The van der Waals surface area contributed by atoms with E-state index in [4.69, 9.17) is 4.74 Å². The predicted octanol–water partition coefficient (Wildman–Crippen LogP) is 0.972. The van der Waals surface area contributed by atoms with Gasteiger partial charge in [0.1, 0.15) is 5.41 Å². The number of anilines is 1. The molecule has 0 radical (unpaired) electrons. The molecule has 1 aromatic rings. The van der Waals surface area contributed by atoms with Gasteiger partial charge in [0.05, 0.1) is 19.3 Å². The van der Waals surface area contributed by atoms with Gasteiger partial charge in [-0.25, -0.2) is 0 Å². The van der Waals surface area contributed by atoms with E-state index in [0.29, 0.717) is 5.56 Å². The van der Waals surface area contributed by atoms with Crippen LogP contribution >= 0.6 is 0 Å². The first-order valence-corrected chi connectivity index (χ1v) is 6.74. The van der Waals surface area contributed by atoms with E-state index in [-0.39, 0.29) is 19.1 Å². The number of rotatable bonds is 4. The first-order valence-electron chi connectivity index (χ1n) is 6.74. The lowest BCUT2D eigenvalue weighted by atomic mass is 9.85.